The third kappa shape index (κ3) is 3.35. The third-order valence-corrected chi connectivity index (χ3v) is 25.4. The Morgan fingerprint density at radius 3 is 1.94 bits per heavy atom. The molecule has 0 N–H and O–H groups in total. The molecule has 1 nitrogen and oxygen atoms in total. The summed E-state index contributed by atoms with van der Waals surface area (Å²) in [7, 11) is 1.80. The van der Waals surface area contributed by atoms with Gasteiger partial charge >= 0.3 is 216 Å². The van der Waals surface area contributed by atoms with Gasteiger partial charge in [0, 0.05) is 0 Å². The van der Waals surface area contributed by atoms with E-state index in [1.165, 1.54) is 33.4 Å². The fraction of sp³-hybridized carbons (Fsp3) is 0.147. The van der Waals surface area contributed by atoms with Gasteiger partial charge in [0.1, 0.15) is 0 Å². The molecule has 0 aliphatic heterocycles. The van der Waals surface area contributed by atoms with Crippen LogP contribution in [-0.4, -0.2) is 10.3 Å². The van der Waals surface area contributed by atoms with Crippen LogP contribution in [0.3, 0.4) is 0 Å². The molecule has 0 aromatic heterocycles. The molecule has 2 aliphatic carbocycles. The van der Waals surface area contributed by atoms with Crippen molar-refractivity contribution in [3.05, 3.63) is 147 Å². The van der Waals surface area contributed by atoms with Crippen LogP contribution in [0.5, 0.6) is 5.75 Å². The Bertz CT molecular complexity index is 1540. The molecule has 1 unspecified atom stereocenters. The molecule has 0 saturated carbocycles. The second kappa shape index (κ2) is 8.79. The molecule has 2 aliphatic rings. The Morgan fingerprint density at radius 2 is 1.33 bits per heavy atom. The quantitative estimate of drug-likeness (QED) is 0.243. The van der Waals surface area contributed by atoms with Crippen LogP contribution in [0.25, 0.3) is 11.1 Å². The van der Waals surface area contributed by atoms with Gasteiger partial charge in [-0.15, -0.1) is 0 Å². The van der Waals surface area contributed by atoms with Crippen molar-refractivity contribution in [3.8, 4) is 16.9 Å². The Labute approximate surface area is 215 Å². The SMILES string of the molecule is COc1cccc2c1-c1ccccc1[CH]2[Zr]([CH3])([CH3])([C]1=CC=CC1)=[C](c1ccccc1)c1ccccc1. The van der Waals surface area contributed by atoms with Gasteiger partial charge in [0.05, 0.1) is 0 Å². The molecule has 36 heavy (non-hydrogen) atoms. The van der Waals surface area contributed by atoms with Gasteiger partial charge in [0.2, 0.25) is 0 Å². The monoisotopic (exact) mass is 546 g/mol. The molecule has 0 amide bonds. The van der Waals surface area contributed by atoms with E-state index in [9.17, 15) is 0 Å². The zero-order chi connectivity index (χ0) is 24.8. The van der Waals surface area contributed by atoms with E-state index in [1.54, 1.807) is 13.6 Å². The van der Waals surface area contributed by atoms with E-state index in [1.807, 2.05) is 0 Å². The number of hydrogen-bond donors (Lipinski definition) is 0. The van der Waals surface area contributed by atoms with Crippen molar-refractivity contribution in [2.75, 3.05) is 7.11 Å². The van der Waals surface area contributed by atoms with Gasteiger partial charge in [-0.05, 0) is 0 Å². The minimum absolute atomic E-state index is 0.314. The summed E-state index contributed by atoms with van der Waals surface area (Å²) in [5, 5.41) is 0. The molecular formula is C34H32OZr. The number of benzene rings is 4. The maximum atomic E-state index is 5.95. The Balaban J connectivity index is 1.84. The van der Waals surface area contributed by atoms with Gasteiger partial charge in [-0.1, -0.05) is 0 Å². The standard InChI is InChI=1S/C14H11O.C13H10.C5H5.2CH3.Zr/c1-15-13-8-4-6-11-9-10-5-2-3-7-12(10)14(11)13;1-3-7-12(8-4-1)11-13-9-5-2-6-10-13;1-2-4-5-3-1;;;/h2-9H,1H3;1-10H;1-3H,4H2;2*1H3;. The fourth-order valence-corrected chi connectivity index (χ4v) is 23.8. The topological polar surface area (TPSA) is 9.23 Å². The predicted molar refractivity (Wildman–Crippen MR) is 150 cm³/mol. The second-order valence-corrected chi connectivity index (χ2v) is 27.3. The third-order valence-electron chi connectivity index (χ3n) is 8.65. The van der Waals surface area contributed by atoms with Gasteiger partial charge in [-0.25, -0.2) is 0 Å². The first-order chi connectivity index (χ1) is 17.5. The van der Waals surface area contributed by atoms with Crippen LogP contribution in [0.2, 0.25) is 9.26 Å². The van der Waals surface area contributed by atoms with Gasteiger partial charge < -0.3 is 0 Å². The Hall–Kier alpha value is -3.09. The first-order valence-electron chi connectivity index (χ1n) is 12.8. The van der Waals surface area contributed by atoms with Crippen molar-refractivity contribution in [1.29, 1.82) is 0 Å². The number of hydrogen-bond acceptors (Lipinski definition) is 1. The predicted octanol–water partition coefficient (Wildman–Crippen LogP) is 8.66. The van der Waals surface area contributed by atoms with E-state index in [2.05, 4.69) is 131 Å². The molecule has 0 heterocycles. The minimum atomic E-state index is -4.17. The first-order valence-corrected chi connectivity index (χ1v) is 21.6. The first kappa shape index (κ1) is 23.3. The molecule has 0 spiro atoms. The molecule has 6 rings (SSSR count). The summed E-state index contributed by atoms with van der Waals surface area (Å²) in [6.45, 7) is 0. The molecule has 178 valence electrons. The summed E-state index contributed by atoms with van der Waals surface area (Å²) in [6, 6.07) is 38.0. The van der Waals surface area contributed by atoms with Crippen LogP contribution in [0.4, 0.5) is 0 Å². The zero-order valence-electron chi connectivity index (χ0n) is 21.2. The van der Waals surface area contributed by atoms with Crippen LogP contribution in [-0.2, 0) is 18.3 Å². The maximum absolute atomic E-state index is 5.95. The summed E-state index contributed by atoms with van der Waals surface area (Å²) in [5.41, 5.74) is 8.16. The molecule has 0 fully saturated rings. The summed E-state index contributed by atoms with van der Waals surface area (Å²) >= 11 is -4.17. The van der Waals surface area contributed by atoms with Crippen LogP contribution < -0.4 is 4.74 Å². The normalized spacial score (nSPS) is 16.3. The van der Waals surface area contributed by atoms with Crippen molar-refractivity contribution >= 4 is 3.21 Å². The molecule has 4 aromatic carbocycles. The molecule has 2 heteroatoms. The number of ether oxygens (including phenoxy) is 1. The van der Waals surface area contributed by atoms with E-state index in [-0.39, 0.29) is 0 Å². The fourth-order valence-electron chi connectivity index (χ4n) is 7.10. The van der Waals surface area contributed by atoms with Gasteiger partial charge in [-0.3, -0.25) is 0 Å². The van der Waals surface area contributed by atoms with E-state index < -0.39 is 18.3 Å². The molecular weight excluding hydrogens is 516 g/mol. The Kier molecular flexibility index (Phi) is 5.69. The van der Waals surface area contributed by atoms with Gasteiger partial charge in [-0.2, -0.15) is 0 Å². The molecule has 1 atom stereocenters. The molecule has 0 radical (unpaired) electrons. The van der Waals surface area contributed by atoms with E-state index in [0.717, 1.165) is 12.2 Å². The molecule has 0 saturated heterocycles. The van der Waals surface area contributed by atoms with Gasteiger partial charge in [0.15, 0.2) is 0 Å². The van der Waals surface area contributed by atoms with Crippen LogP contribution in [0, 0.1) is 0 Å². The van der Waals surface area contributed by atoms with Crippen molar-refractivity contribution < 1.29 is 23.0 Å². The number of allylic oxidation sites excluding steroid dienone is 4. The van der Waals surface area contributed by atoms with E-state index >= 15 is 0 Å². The van der Waals surface area contributed by atoms with E-state index in [0.29, 0.717) is 3.63 Å². The van der Waals surface area contributed by atoms with Crippen molar-refractivity contribution in [3.63, 3.8) is 0 Å². The van der Waals surface area contributed by atoms with Crippen molar-refractivity contribution in [2.24, 2.45) is 0 Å². The molecule has 0 bridgehead atoms. The average molecular weight is 548 g/mol. The summed E-state index contributed by atoms with van der Waals surface area (Å²) in [4.78, 5) is 0. The van der Waals surface area contributed by atoms with E-state index in [4.69, 9.17) is 4.74 Å². The van der Waals surface area contributed by atoms with Crippen LogP contribution in [0.1, 0.15) is 32.3 Å². The van der Waals surface area contributed by atoms with Crippen LogP contribution in [0.15, 0.2) is 125 Å². The average Bonchev–Trinajstić information content (AvgIpc) is 3.58. The summed E-state index contributed by atoms with van der Waals surface area (Å²) in [6.07, 6.45) is 8.09. The summed E-state index contributed by atoms with van der Waals surface area (Å²) in [5.74, 6) is 0.971. The number of methoxy groups -OCH3 is 1. The zero-order valence-corrected chi connectivity index (χ0v) is 23.7. The number of rotatable bonds is 5. The summed E-state index contributed by atoms with van der Waals surface area (Å²) < 4.78 is 14.8. The Morgan fingerprint density at radius 1 is 0.722 bits per heavy atom. The number of fused-ring (bicyclic) bond motifs is 3. The van der Waals surface area contributed by atoms with Crippen molar-refractivity contribution in [2.45, 2.75) is 19.3 Å². The molecule has 4 aromatic rings. The second-order valence-electron chi connectivity index (χ2n) is 10.9. The van der Waals surface area contributed by atoms with Crippen LogP contribution >= 0.6 is 0 Å². The van der Waals surface area contributed by atoms with Gasteiger partial charge in [0.25, 0.3) is 0 Å². The van der Waals surface area contributed by atoms with Crippen molar-refractivity contribution in [1.82, 2.24) is 0 Å².